The van der Waals surface area contributed by atoms with Gasteiger partial charge in [0.2, 0.25) is 5.91 Å². The second-order valence-corrected chi connectivity index (χ2v) is 9.07. The van der Waals surface area contributed by atoms with Crippen molar-refractivity contribution in [2.24, 2.45) is 5.92 Å². The number of amides is 1. The summed E-state index contributed by atoms with van der Waals surface area (Å²) in [5, 5.41) is 3.95. The number of nitrogens with one attached hydrogen (secondary N) is 2. The molecule has 1 amide bonds. The maximum Gasteiger partial charge on any atom is 0.259 e. The molecule has 6 nitrogen and oxygen atoms in total. The highest BCUT2D eigenvalue weighted by molar-refractivity contribution is 7.18. The van der Waals surface area contributed by atoms with E-state index < -0.39 is 0 Å². The van der Waals surface area contributed by atoms with Crippen molar-refractivity contribution in [3.8, 4) is 0 Å². The molecule has 1 aliphatic heterocycles. The first kappa shape index (κ1) is 18.6. The molecule has 1 saturated heterocycles. The van der Waals surface area contributed by atoms with Crippen molar-refractivity contribution in [3.63, 3.8) is 0 Å². The zero-order chi connectivity index (χ0) is 19.0. The molecule has 2 aliphatic rings. The molecule has 2 aromatic heterocycles. The number of likely N-dealkylation sites (tertiary alicyclic amines) is 1. The zero-order valence-corrected chi connectivity index (χ0v) is 17.0. The molecule has 0 bridgehead atoms. The molecular formula is C20H28N4O2S. The van der Waals surface area contributed by atoms with Crippen LogP contribution >= 0.6 is 11.3 Å². The minimum absolute atomic E-state index is 0.0382. The van der Waals surface area contributed by atoms with Gasteiger partial charge in [-0.05, 0) is 50.6 Å². The van der Waals surface area contributed by atoms with Crippen LogP contribution in [0.4, 0.5) is 0 Å². The Labute approximate surface area is 163 Å². The number of nitrogens with zero attached hydrogens (tertiary/aromatic N) is 2. The van der Waals surface area contributed by atoms with Gasteiger partial charge in [0.05, 0.1) is 5.39 Å². The van der Waals surface area contributed by atoms with Crippen LogP contribution in [0.2, 0.25) is 0 Å². The average Bonchev–Trinajstić information content (AvgIpc) is 3.23. The third-order valence-electron chi connectivity index (χ3n) is 5.93. The van der Waals surface area contributed by atoms with E-state index in [4.69, 9.17) is 4.98 Å². The van der Waals surface area contributed by atoms with Gasteiger partial charge in [0, 0.05) is 36.9 Å². The molecule has 7 heteroatoms. The number of likely N-dealkylation sites (N-methyl/N-ethyl adjacent to an activating group) is 1. The van der Waals surface area contributed by atoms with Crippen molar-refractivity contribution >= 4 is 27.5 Å². The van der Waals surface area contributed by atoms with E-state index in [0.29, 0.717) is 30.6 Å². The van der Waals surface area contributed by atoms with Crippen LogP contribution in [0.15, 0.2) is 4.79 Å². The fraction of sp³-hybridized carbons (Fsp3) is 0.650. The van der Waals surface area contributed by atoms with Crippen molar-refractivity contribution < 1.29 is 4.79 Å². The van der Waals surface area contributed by atoms with Gasteiger partial charge in [-0.3, -0.25) is 9.59 Å². The molecule has 1 aliphatic carbocycles. The molecule has 4 rings (SSSR count). The molecule has 2 atom stereocenters. The van der Waals surface area contributed by atoms with Crippen LogP contribution < -0.4 is 10.9 Å². The lowest BCUT2D eigenvalue weighted by Crippen LogP contribution is -2.41. The summed E-state index contributed by atoms with van der Waals surface area (Å²) in [6, 6.07) is 0.294. The summed E-state index contributed by atoms with van der Waals surface area (Å²) >= 11 is 1.66. The summed E-state index contributed by atoms with van der Waals surface area (Å²) in [5.74, 6) is 1.47. The van der Waals surface area contributed by atoms with Crippen LogP contribution in [0.25, 0.3) is 10.2 Å². The van der Waals surface area contributed by atoms with Crippen LogP contribution in [0.3, 0.4) is 0 Å². The number of thiophene rings is 1. The monoisotopic (exact) mass is 388 g/mol. The minimum Gasteiger partial charge on any atom is -0.338 e. The number of aryl methyl sites for hydroxylation is 2. The molecule has 0 radical (unpaired) electrons. The first-order valence-corrected chi connectivity index (χ1v) is 10.9. The molecule has 27 heavy (non-hydrogen) atoms. The molecule has 3 heterocycles. The number of aromatic amines is 1. The van der Waals surface area contributed by atoms with Gasteiger partial charge < -0.3 is 15.2 Å². The summed E-state index contributed by atoms with van der Waals surface area (Å²) in [5.41, 5.74) is 1.17. The van der Waals surface area contributed by atoms with Gasteiger partial charge in [0.15, 0.2) is 0 Å². The topological polar surface area (TPSA) is 78.1 Å². The number of carbonyl (C=O) groups excluding carboxylic acids is 1. The van der Waals surface area contributed by atoms with Crippen molar-refractivity contribution in [1.82, 2.24) is 20.2 Å². The number of hydrogen-bond donors (Lipinski definition) is 2. The van der Waals surface area contributed by atoms with Crippen LogP contribution in [0.5, 0.6) is 0 Å². The van der Waals surface area contributed by atoms with Gasteiger partial charge in [-0.15, -0.1) is 11.3 Å². The van der Waals surface area contributed by atoms with E-state index in [0.717, 1.165) is 55.4 Å². The Morgan fingerprint density at radius 2 is 2.26 bits per heavy atom. The first-order chi connectivity index (χ1) is 13.1. The Bertz CT molecular complexity index is 903. The van der Waals surface area contributed by atoms with Crippen molar-refractivity contribution in [2.45, 2.75) is 57.9 Å². The largest absolute Gasteiger partial charge is 0.338 e. The predicted octanol–water partition coefficient (Wildman–Crippen LogP) is 2.25. The molecule has 0 aromatic carbocycles. The SMILES string of the molecule is CNCC1CCCN1C(=O)CCc1nc2sc3c(c2c(=O)[nH]1)CCC(C)C3. The number of rotatable bonds is 5. The van der Waals surface area contributed by atoms with Crippen LogP contribution in [-0.2, 0) is 24.1 Å². The summed E-state index contributed by atoms with van der Waals surface area (Å²) in [6.45, 7) is 3.94. The number of fused-ring (bicyclic) bond motifs is 3. The Morgan fingerprint density at radius 1 is 1.41 bits per heavy atom. The van der Waals surface area contributed by atoms with Crippen LogP contribution in [0, 0.1) is 5.92 Å². The number of carbonyl (C=O) groups is 1. The summed E-state index contributed by atoms with van der Waals surface area (Å²) < 4.78 is 0. The maximum absolute atomic E-state index is 12.7. The number of hydrogen-bond acceptors (Lipinski definition) is 5. The molecule has 2 unspecified atom stereocenters. The molecule has 1 fully saturated rings. The smallest absolute Gasteiger partial charge is 0.259 e. The second kappa shape index (κ2) is 7.72. The minimum atomic E-state index is -0.0382. The average molecular weight is 389 g/mol. The van der Waals surface area contributed by atoms with Crippen molar-refractivity contribution in [3.05, 3.63) is 26.6 Å². The van der Waals surface area contributed by atoms with E-state index in [1.165, 1.54) is 10.4 Å². The fourth-order valence-corrected chi connectivity index (χ4v) is 5.89. The highest BCUT2D eigenvalue weighted by Crippen LogP contribution is 2.35. The van der Waals surface area contributed by atoms with Crippen molar-refractivity contribution in [1.29, 1.82) is 0 Å². The van der Waals surface area contributed by atoms with Gasteiger partial charge >= 0.3 is 0 Å². The normalized spacial score (nSPS) is 22.4. The van der Waals surface area contributed by atoms with Gasteiger partial charge in [0.1, 0.15) is 10.7 Å². The molecular weight excluding hydrogens is 360 g/mol. The quantitative estimate of drug-likeness (QED) is 0.824. The molecule has 0 spiro atoms. The maximum atomic E-state index is 12.7. The lowest BCUT2D eigenvalue weighted by molar-refractivity contribution is -0.131. The molecule has 2 aromatic rings. The highest BCUT2D eigenvalue weighted by Gasteiger charge is 2.28. The summed E-state index contributed by atoms with van der Waals surface area (Å²) in [4.78, 5) is 37.1. The Kier molecular flexibility index (Phi) is 5.32. The summed E-state index contributed by atoms with van der Waals surface area (Å²) in [6.07, 6.45) is 6.18. The van der Waals surface area contributed by atoms with E-state index in [1.54, 1.807) is 11.3 Å². The third kappa shape index (κ3) is 3.67. The first-order valence-electron chi connectivity index (χ1n) is 10.0. The van der Waals surface area contributed by atoms with Gasteiger partial charge in [-0.1, -0.05) is 6.92 Å². The van der Waals surface area contributed by atoms with Crippen LogP contribution in [0.1, 0.15) is 48.9 Å². The molecule has 2 N–H and O–H groups in total. The Morgan fingerprint density at radius 3 is 3.07 bits per heavy atom. The van der Waals surface area contributed by atoms with Crippen LogP contribution in [-0.4, -0.2) is 47.0 Å². The molecule has 0 saturated carbocycles. The van der Waals surface area contributed by atoms with E-state index in [-0.39, 0.29) is 11.5 Å². The summed E-state index contributed by atoms with van der Waals surface area (Å²) in [7, 11) is 1.92. The second-order valence-electron chi connectivity index (χ2n) is 7.99. The lowest BCUT2D eigenvalue weighted by Gasteiger charge is -2.24. The zero-order valence-electron chi connectivity index (χ0n) is 16.1. The van der Waals surface area contributed by atoms with Gasteiger partial charge in [-0.2, -0.15) is 0 Å². The van der Waals surface area contributed by atoms with Gasteiger partial charge in [-0.25, -0.2) is 4.98 Å². The Balaban J connectivity index is 1.50. The highest BCUT2D eigenvalue weighted by atomic mass is 32.1. The standard InChI is InChI=1S/C20H28N4O2S/c1-12-5-6-14-15(10-12)27-20-18(14)19(26)22-16(23-20)7-8-17(25)24-9-3-4-13(24)11-21-2/h12-13,21H,3-11H2,1-2H3,(H,22,23,26). The van der Waals surface area contributed by atoms with E-state index >= 15 is 0 Å². The van der Waals surface area contributed by atoms with Gasteiger partial charge in [0.25, 0.3) is 5.56 Å². The number of H-pyrrole nitrogens is 1. The van der Waals surface area contributed by atoms with E-state index in [2.05, 4.69) is 17.2 Å². The third-order valence-corrected chi connectivity index (χ3v) is 7.08. The van der Waals surface area contributed by atoms with Crippen molar-refractivity contribution in [2.75, 3.05) is 20.1 Å². The Hall–Kier alpha value is -1.73. The van der Waals surface area contributed by atoms with E-state index in [9.17, 15) is 9.59 Å². The van der Waals surface area contributed by atoms with E-state index in [1.807, 2.05) is 11.9 Å². The number of aromatic nitrogens is 2. The fourth-order valence-electron chi connectivity index (χ4n) is 4.49. The predicted molar refractivity (Wildman–Crippen MR) is 108 cm³/mol. The molecule has 146 valence electrons. The lowest BCUT2D eigenvalue weighted by atomic mass is 9.89.